The summed E-state index contributed by atoms with van der Waals surface area (Å²) in [7, 11) is -3.20. The molecule has 0 spiro atoms. The molecule has 7 aliphatic rings. The Bertz CT molecular complexity index is 4350. The zero-order valence-electron chi connectivity index (χ0n) is 57.8. The Morgan fingerprint density at radius 2 is 0.788 bits per heavy atom. The van der Waals surface area contributed by atoms with Crippen molar-refractivity contribution in [1.82, 2.24) is 24.9 Å². The molecule has 12 atom stereocenters. The molecule has 24 heteroatoms. The summed E-state index contributed by atoms with van der Waals surface area (Å²) in [6.45, 7) is 2.27. The number of hydrogen-bond donors (Lipinski definition) is 4. The Morgan fingerprint density at radius 1 is 0.442 bits per heavy atom. The Kier molecular flexibility index (Phi) is 23.7. The number of benzene rings is 7. The van der Waals surface area contributed by atoms with Gasteiger partial charge in [-0.3, -0.25) is 33.9 Å². The molecule has 0 aliphatic carbocycles. The van der Waals surface area contributed by atoms with E-state index in [1.165, 1.54) is 10.5 Å². The van der Waals surface area contributed by atoms with Gasteiger partial charge in [0.2, 0.25) is 5.91 Å². The predicted molar refractivity (Wildman–Crippen MR) is 376 cm³/mol. The quantitative estimate of drug-likeness (QED) is 0.0303. The Balaban J connectivity index is 0.000000149. The highest BCUT2D eigenvalue weighted by atomic mass is 32.2. The van der Waals surface area contributed by atoms with Crippen LogP contribution in [0.3, 0.4) is 0 Å². The largest absolute Gasteiger partial charge is 0.348 e. The third-order valence-corrected chi connectivity index (χ3v) is 23.4. The summed E-state index contributed by atoms with van der Waals surface area (Å²) in [5.74, 6) is -9.64. The van der Waals surface area contributed by atoms with E-state index >= 15 is 0 Å². The van der Waals surface area contributed by atoms with Crippen molar-refractivity contribution in [1.29, 1.82) is 0 Å². The first-order chi connectivity index (χ1) is 49.7. The lowest BCUT2D eigenvalue weighted by atomic mass is 9.82. The van der Waals surface area contributed by atoms with Crippen LogP contribution in [0.1, 0.15) is 153 Å². The smallest absolute Gasteiger partial charge is 0.261 e. The van der Waals surface area contributed by atoms with Crippen molar-refractivity contribution in [3.63, 3.8) is 0 Å². The van der Waals surface area contributed by atoms with E-state index in [1.807, 2.05) is 42.5 Å². The van der Waals surface area contributed by atoms with Crippen LogP contribution in [0.5, 0.6) is 0 Å². The van der Waals surface area contributed by atoms with Crippen LogP contribution >= 0.6 is 0 Å². The number of fused-ring (bicyclic) bond motifs is 7. The molecular weight excluding hydrogens is 1370 g/mol. The number of carbonyl (C=O) groups is 4. The Morgan fingerprint density at radius 3 is 1.19 bits per heavy atom. The minimum atomic E-state index is -3.20. The number of nitrogens with zero attached hydrogens (tertiary/aromatic N) is 4. The molecule has 7 aromatic carbocycles. The minimum absolute atomic E-state index is 0.00309. The zero-order chi connectivity index (χ0) is 73.8. The fourth-order valence-corrected chi connectivity index (χ4v) is 17.7. The van der Waals surface area contributed by atoms with Crippen LogP contribution in [0.2, 0.25) is 0 Å². The van der Waals surface area contributed by atoms with Gasteiger partial charge < -0.3 is 27.4 Å². The molecule has 7 aromatic rings. The number of sulfone groups is 1. The zero-order valence-corrected chi connectivity index (χ0v) is 58.7. The summed E-state index contributed by atoms with van der Waals surface area (Å²) < 4.78 is 145. The van der Waals surface area contributed by atoms with Crippen molar-refractivity contribution in [3.05, 3.63) is 248 Å². The summed E-state index contributed by atoms with van der Waals surface area (Å²) in [6.07, 6.45) is 12.4. The minimum Gasteiger partial charge on any atom is -0.348 e. The third kappa shape index (κ3) is 17.8. The van der Waals surface area contributed by atoms with Gasteiger partial charge in [-0.1, -0.05) is 78.9 Å². The van der Waals surface area contributed by atoms with Crippen molar-refractivity contribution in [2.24, 2.45) is 35.0 Å². The van der Waals surface area contributed by atoms with Gasteiger partial charge in [-0.05, 0) is 195 Å². The second kappa shape index (κ2) is 32.6. The van der Waals surface area contributed by atoms with E-state index in [4.69, 9.17) is 17.2 Å². The molecule has 552 valence electrons. The normalized spacial score (nSPS) is 23.6. The van der Waals surface area contributed by atoms with Gasteiger partial charge in [-0.2, -0.15) is 0 Å². The van der Waals surface area contributed by atoms with Crippen LogP contribution in [0, 0.1) is 70.1 Å². The molecule has 14 rings (SSSR count). The molecule has 7 heterocycles. The summed E-state index contributed by atoms with van der Waals surface area (Å²) in [4.78, 5) is 58.6. The van der Waals surface area contributed by atoms with E-state index in [1.54, 1.807) is 41.3 Å². The standard InChI is InChI=1S/C31H30F3N3O2.C30H32F3N3O.C19H25F3N2O3S/c32-26-15-28(34)27(33)13-20(26)14-29(35)21-11-22-8-9-23(12-21)36(22)16-18-4-3-5-19(10-18)17-37-30(38)24-6-1-2-7-25(24)31(37)39;31-26-16-28(33)27(32)14-22(26)15-29(34)23-12-24-9-10-25(13-23)36(24)18-20-6-4-5-19(11-20)17-35-30(37)21-7-2-1-3-8-21;1-28(26,27)5-4-19(25)24-13-2-3-14(24)7-12(6-13)18(23)9-11-8-16(21)17(22)10-15(11)20/h1-7,10,13,15,21-23,29H,8-9,11-12,14,16-17,35H2;1-8,11,14,16,23-25,29H,9-10,12-13,15,17-18,34H2,(H,35,37);8,10,12-14,18H,2-7,9,23H2,1H3/t21?,22-,23+,29-;23?,24-,25+,29-;12?,13-,14+,18-/m111/s1. The highest BCUT2D eigenvalue weighted by Crippen LogP contribution is 2.44. The van der Waals surface area contributed by atoms with Gasteiger partial charge in [0.15, 0.2) is 34.9 Å². The maximum Gasteiger partial charge on any atom is 0.261 e. The molecule has 0 radical (unpaired) electrons. The molecule has 6 bridgehead atoms. The first-order valence-corrected chi connectivity index (χ1v) is 37.9. The molecule has 0 saturated carbocycles. The van der Waals surface area contributed by atoms with Gasteiger partial charge in [0, 0.05) is 110 Å². The van der Waals surface area contributed by atoms with Crippen LogP contribution in [0.15, 0.2) is 140 Å². The number of rotatable bonds is 21. The van der Waals surface area contributed by atoms with E-state index in [9.17, 15) is 67.1 Å². The lowest BCUT2D eigenvalue weighted by Crippen LogP contribution is -2.50. The predicted octanol–water partition coefficient (Wildman–Crippen LogP) is 12.7. The van der Waals surface area contributed by atoms with Crippen LogP contribution < -0.4 is 22.5 Å². The number of nitrogens with two attached hydrogens (primary N) is 3. The Hall–Kier alpha value is -8.26. The SMILES string of the molecule is CS(=O)(=O)CCC(=O)N1[C@@H]2CC[C@H]1CC([C@H](N)Cc1cc(F)c(F)cc1F)C2.N[C@H](Cc1cc(F)c(F)cc1F)C1C[C@H]2CC[C@@H](C1)N2Cc1cccc(CN2C(=O)c3ccccc3C2=O)c1.N[C@H](Cc1cc(F)c(F)cc1F)C1C[C@H]2CC[C@@H](C1)N2Cc1cccc(CNC(=O)c2ccccc2)c1. The molecular formula is C80H87F9N8O6S. The number of nitrogens with one attached hydrogen (secondary N) is 1. The van der Waals surface area contributed by atoms with Crippen LogP contribution in [-0.4, -0.2) is 118 Å². The lowest BCUT2D eigenvalue weighted by Gasteiger charge is -2.41. The molecule has 6 fully saturated rings. The Labute approximate surface area is 600 Å². The van der Waals surface area contributed by atoms with Crippen molar-refractivity contribution in [2.75, 3.05) is 12.0 Å². The molecule has 6 saturated heterocycles. The second-order valence-electron chi connectivity index (χ2n) is 29.5. The van der Waals surface area contributed by atoms with E-state index in [0.717, 1.165) is 118 Å². The summed E-state index contributed by atoms with van der Waals surface area (Å²) in [6, 6.07) is 37.2. The molecule has 0 aromatic heterocycles. The second-order valence-corrected chi connectivity index (χ2v) is 31.7. The number of amides is 4. The van der Waals surface area contributed by atoms with Gasteiger partial charge >= 0.3 is 0 Å². The summed E-state index contributed by atoms with van der Waals surface area (Å²) in [5, 5.41) is 2.99. The summed E-state index contributed by atoms with van der Waals surface area (Å²) in [5.41, 5.74) is 25.3. The van der Waals surface area contributed by atoms with Crippen molar-refractivity contribution < 1.29 is 67.1 Å². The molecule has 7 N–H and O–H groups in total. The topological polar surface area (TPSA) is 205 Å². The van der Waals surface area contributed by atoms with Gasteiger partial charge in [0.05, 0.1) is 23.4 Å². The number of carbonyl (C=O) groups excluding carboxylic acids is 4. The maximum atomic E-state index is 14.2. The molecule has 7 aliphatic heterocycles. The third-order valence-electron chi connectivity index (χ3n) is 22.5. The molecule has 3 unspecified atom stereocenters. The number of imide groups is 1. The monoisotopic (exact) mass is 1460 g/mol. The van der Waals surface area contributed by atoms with Crippen LogP contribution in [0.25, 0.3) is 0 Å². The van der Waals surface area contributed by atoms with Gasteiger partial charge in [0.25, 0.3) is 17.7 Å². The molecule has 4 amide bonds. The fraction of sp³-hybridized carbons (Fsp3) is 0.425. The molecule has 104 heavy (non-hydrogen) atoms. The van der Waals surface area contributed by atoms with E-state index < -0.39 is 68.2 Å². The van der Waals surface area contributed by atoms with E-state index in [-0.39, 0.29) is 120 Å². The van der Waals surface area contributed by atoms with Crippen LogP contribution in [0.4, 0.5) is 39.5 Å². The number of piperidine rings is 3. The first kappa shape index (κ1) is 75.4. The van der Waals surface area contributed by atoms with E-state index in [0.29, 0.717) is 78.4 Å². The average molecular weight is 1460 g/mol. The van der Waals surface area contributed by atoms with Crippen LogP contribution in [-0.2, 0) is 60.1 Å². The molecule has 14 nitrogen and oxygen atoms in total. The van der Waals surface area contributed by atoms with Crippen molar-refractivity contribution in [3.8, 4) is 0 Å². The summed E-state index contributed by atoms with van der Waals surface area (Å²) >= 11 is 0. The van der Waals surface area contributed by atoms with Crippen molar-refractivity contribution >= 4 is 33.5 Å². The average Bonchev–Trinajstić information content (AvgIpc) is 1.64. The first-order valence-electron chi connectivity index (χ1n) is 35.8. The van der Waals surface area contributed by atoms with Crippen molar-refractivity contribution in [2.45, 2.75) is 183 Å². The maximum absolute atomic E-state index is 14.2. The lowest BCUT2D eigenvalue weighted by molar-refractivity contribution is -0.136. The van der Waals surface area contributed by atoms with Gasteiger partial charge in [-0.15, -0.1) is 0 Å². The highest BCUT2D eigenvalue weighted by molar-refractivity contribution is 7.90. The highest BCUT2D eigenvalue weighted by Gasteiger charge is 2.46. The number of halogens is 9. The fourth-order valence-electron chi connectivity index (χ4n) is 17.2. The number of hydrogen-bond acceptors (Lipinski definition) is 11. The van der Waals surface area contributed by atoms with Gasteiger partial charge in [-0.25, -0.2) is 47.9 Å². The van der Waals surface area contributed by atoms with E-state index in [2.05, 4.69) is 39.4 Å². The van der Waals surface area contributed by atoms with Gasteiger partial charge in [0.1, 0.15) is 27.3 Å².